The largest absolute Gasteiger partial charge is 0.495 e. The second-order valence-corrected chi connectivity index (χ2v) is 3.76. The predicted octanol–water partition coefficient (Wildman–Crippen LogP) is 2.51. The van der Waals surface area contributed by atoms with Crippen molar-refractivity contribution in [2.45, 2.75) is 26.3 Å². The summed E-state index contributed by atoms with van der Waals surface area (Å²) >= 11 is 0. The second kappa shape index (κ2) is 4.91. The van der Waals surface area contributed by atoms with Crippen molar-refractivity contribution in [3.8, 4) is 5.75 Å². The molecule has 1 unspecified atom stereocenters. The summed E-state index contributed by atoms with van der Waals surface area (Å²) < 4.78 is 5.20. The summed E-state index contributed by atoms with van der Waals surface area (Å²) in [5.74, 6) is 0.739. The first-order valence-corrected chi connectivity index (χ1v) is 5.27. The number of rotatable bonds is 4. The number of methoxy groups -OCH3 is 1. The summed E-state index contributed by atoms with van der Waals surface area (Å²) in [6, 6.07) is 6.33. The number of hydrogen-bond donors (Lipinski definition) is 1. The van der Waals surface area contributed by atoms with Crippen LogP contribution in [0.15, 0.2) is 18.2 Å². The molecule has 0 bridgehead atoms. The molecule has 0 aliphatic rings. The van der Waals surface area contributed by atoms with Gasteiger partial charge < -0.3 is 15.4 Å². The van der Waals surface area contributed by atoms with E-state index in [1.54, 1.807) is 7.11 Å². The Labute approximate surface area is 91.8 Å². The molecule has 1 aromatic carbocycles. The lowest BCUT2D eigenvalue weighted by Crippen LogP contribution is -2.28. The number of para-hydroxylation sites is 1. The fraction of sp³-hybridized carbons (Fsp3) is 0.500. The summed E-state index contributed by atoms with van der Waals surface area (Å²) in [7, 11) is 3.69. The van der Waals surface area contributed by atoms with Gasteiger partial charge >= 0.3 is 0 Å². The molecule has 15 heavy (non-hydrogen) atoms. The van der Waals surface area contributed by atoms with E-state index in [1.807, 2.05) is 18.2 Å². The molecule has 0 amide bonds. The zero-order valence-corrected chi connectivity index (χ0v) is 9.95. The van der Waals surface area contributed by atoms with Gasteiger partial charge in [0.25, 0.3) is 0 Å². The molecule has 0 spiro atoms. The van der Waals surface area contributed by atoms with Gasteiger partial charge in [0.15, 0.2) is 0 Å². The lowest BCUT2D eigenvalue weighted by atomic mass is 10.1. The van der Waals surface area contributed by atoms with Crippen molar-refractivity contribution < 1.29 is 4.74 Å². The number of anilines is 2. The molecule has 0 aliphatic heterocycles. The van der Waals surface area contributed by atoms with Crippen molar-refractivity contribution in [3.63, 3.8) is 0 Å². The van der Waals surface area contributed by atoms with Gasteiger partial charge in [0, 0.05) is 13.1 Å². The second-order valence-electron chi connectivity index (χ2n) is 3.76. The van der Waals surface area contributed by atoms with E-state index < -0.39 is 0 Å². The molecule has 1 rings (SSSR count). The lowest BCUT2D eigenvalue weighted by Gasteiger charge is -2.27. The van der Waals surface area contributed by atoms with Crippen LogP contribution in [0.1, 0.15) is 20.3 Å². The zero-order chi connectivity index (χ0) is 11.4. The van der Waals surface area contributed by atoms with Crippen LogP contribution in [0.4, 0.5) is 11.4 Å². The summed E-state index contributed by atoms with van der Waals surface area (Å²) in [4.78, 5) is 2.18. The number of hydrogen-bond acceptors (Lipinski definition) is 3. The SMILES string of the molecule is CCC(C)N(C)c1cccc(OC)c1N. The molecule has 0 radical (unpaired) electrons. The first kappa shape index (κ1) is 11.7. The molecule has 3 heteroatoms. The van der Waals surface area contributed by atoms with E-state index in [0.717, 1.165) is 17.9 Å². The quantitative estimate of drug-likeness (QED) is 0.773. The van der Waals surface area contributed by atoms with Crippen LogP contribution in [0.3, 0.4) is 0 Å². The molecule has 0 fully saturated rings. The third-order valence-corrected chi connectivity index (χ3v) is 2.89. The zero-order valence-electron chi connectivity index (χ0n) is 9.95. The minimum atomic E-state index is 0.472. The molecule has 0 saturated heterocycles. The summed E-state index contributed by atoms with van der Waals surface area (Å²) in [6.45, 7) is 4.34. The first-order valence-electron chi connectivity index (χ1n) is 5.27. The molecule has 0 aliphatic carbocycles. The van der Waals surface area contributed by atoms with Crippen LogP contribution >= 0.6 is 0 Å². The van der Waals surface area contributed by atoms with Crippen LogP contribution in [0.5, 0.6) is 5.75 Å². The highest BCUT2D eigenvalue weighted by molar-refractivity contribution is 5.74. The molecule has 2 N–H and O–H groups in total. The number of nitrogens with zero attached hydrogens (tertiary/aromatic N) is 1. The Kier molecular flexibility index (Phi) is 3.83. The van der Waals surface area contributed by atoms with Crippen LogP contribution in [0.2, 0.25) is 0 Å². The number of nitrogens with two attached hydrogens (primary N) is 1. The highest BCUT2D eigenvalue weighted by atomic mass is 16.5. The molecular formula is C12H20N2O. The van der Waals surface area contributed by atoms with E-state index in [-0.39, 0.29) is 0 Å². The Morgan fingerprint density at radius 3 is 2.67 bits per heavy atom. The van der Waals surface area contributed by atoms with Crippen molar-refractivity contribution in [1.29, 1.82) is 0 Å². The average molecular weight is 208 g/mol. The standard InChI is InChI=1S/C12H20N2O/c1-5-9(2)14(3)10-7-6-8-11(15-4)12(10)13/h6-9H,5,13H2,1-4H3. The summed E-state index contributed by atoms with van der Waals surface area (Å²) in [5.41, 5.74) is 7.76. The van der Waals surface area contributed by atoms with Crippen LogP contribution in [-0.2, 0) is 0 Å². The molecule has 3 nitrogen and oxygen atoms in total. The van der Waals surface area contributed by atoms with Gasteiger partial charge in [0.2, 0.25) is 0 Å². The molecule has 1 atom stereocenters. The molecular weight excluding hydrogens is 188 g/mol. The van der Waals surface area contributed by atoms with Crippen molar-refractivity contribution >= 4 is 11.4 Å². The lowest BCUT2D eigenvalue weighted by molar-refractivity contribution is 0.417. The van der Waals surface area contributed by atoms with Gasteiger partial charge in [-0.25, -0.2) is 0 Å². The summed E-state index contributed by atoms with van der Waals surface area (Å²) in [5, 5.41) is 0. The van der Waals surface area contributed by atoms with Gasteiger partial charge in [-0.05, 0) is 25.5 Å². The van der Waals surface area contributed by atoms with Crippen LogP contribution in [0.25, 0.3) is 0 Å². The number of ether oxygens (including phenoxy) is 1. The van der Waals surface area contributed by atoms with E-state index >= 15 is 0 Å². The minimum Gasteiger partial charge on any atom is -0.495 e. The molecule has 0 heterocycles. The average Bonchev–Trinajstić information content (AvgIpc) is 2.27. The molecule has 84 valence electrons. The van der Waals surface area contributed by atoms with E-state index in [2.05, 4.69) is 25.8 Å². The van der Waals surface area contributed by atoms with E-state index in [1.165, 1.54) is 0 Å². The van der Waals surface area contributed by atoms with Crippen LogP contribution in [-0.4, -0.2) is 20.2 Å². The maximum atomic E-state index is 6.02. The Morgan fingerprint density at radius 2 is 2.13 bits per heavy atom. The van der Waals surface area contributed by atoms with Gasteiger partial charge in [-0.15, -0.1) is 0 Å². The van der Waals surface area contributed by atoms with Crippen molar-refractivity contribution in [1.82, 2.24) is 0 Å². The molecule has 0 aromatic heterocycles. The van der Waals surface area contributed by atoms with Gasteiger partial charge in [-0.2, -0.15) is 0 Å². The fourth-order valence-corrected chi connectivity index (χ4v) is 1.53. The third-order valence-electron chi connectivity index (χ3n) is 2.89. The fourth-order valence-electron chi connectivity index (χ4n) is 1.53. The monoisotopic (exact) mass is 208 g/mol. The highest BCUT2D eigenvalue weighted by Gasteiger charge is 2.12. The first-order chi connectivity index (χ1) is 7.11. The van der Waals surface area contributed by atoms with Gasteiger partial charge in [-0.1, -0.05) is 13.0 Å². The maximum Gasteiger partial charge on any atom is 0.143 e. The summed E-state index contributed by atoms with van der Waals surface area (Å²) in [6.07, 6.45) is 1.09. The highest BCUT2D eigenvalue weighted by Crippen LogP contribution is 2.32. The van der Waals surface area contributed by atoms with E-state index in [9.17, 15) is 0 Å². The number of benzene rings is 1. The van der Waals surface area contributed by atoms with Gasteiger partial charge in [0.05, 0.1) is 18.5 Å². The Morgan fingerprint density at radius 1 is 1.47 bits per heavy atom. The predicted molar refractivity (Wildman–Crippen MR) is 65.6 cm³/mol. The van der Waals surface area contributed by atoms with E-state index in [0.29, 0.717) is 11.7 Å². The third kappa shape index (κ3) is 2.35. The van der Waals surface area contributed by atoms with Crippen LogP contribution in [0, 0.1) is 0 Å². The Balaban J connectivity index is 3.03. The van der Waals surface area contributed by atoms with Crippen molar-refractivity contribution in [2.24, 2.45) is 0 Å². The maximum absolute atomic E-state index is 6.02. The van der Waals surface area contributed by atoms with Gasteiger partial charge in [0.1, 0.15) is 5.75 Å². The van der Waals surface area contributed by atoms with E-state index in [4.69, 9.17) is 10.5 Å². The topological polar surface area (TPSA) is 38.5 Å². The minimum absolute atomic E-state index is 0.472. The normalized spacial score (nSPS) is 12.3. The van der Waals surface area contributed by atoms with Crippen molar-refractivity contribution in [2.75, 3.05) is 24.8 Å². The Hall–Kier alpha value is -1.38. The smallest absolute Gasteiger partial charge is 0.143 e. The van der Waals surface area contributed by atoms with Gasteiger partial charge in [-0.3, -0.25) is 0 Å². The van der Waals surface area contributed by atoms with Crippen LogP contribution < -0.4 is 15.4 Å². The number of nitrogen functional groups attached to an aromatic ring is 1. The van der Waals surface area contributed by atoms with Crippen molar-refractivity contribution in [3.05, 3.63) is 18.2 Å². The Bertz CT molecular complexity index is 325. The molecule has 1 aromatic rings. The molecule has 0 saturated carbocycles.